The zero-order chi connectivity index (χ0) is 11.0. The highest BCUT2D eigenvalue weighted by Gasteiger charge is 2.11. The highest BCUT2D eigenvalue weighted by atomic mass is 32.2. The average molecular weight is 222 g/mol. The number of carbonyl (C=O) groups excluding carboxylic acids is 1. The molecule has 0 fully saturated rings. The lowest BCUT2D eigenvalue weighted by atomic mass is 10.4. The largest absolute Gasteiger partial charge is 0.480 e. The molecule has 0 bridgehead atoms. The van der Waals surface area contributed by atoms with E-state index < -0.39 is 18.2 Å². The molecule has 0 spiro atoms. The molecule has 14 heavy (non-hydrogen) atoms. The third-order valence-corrected chi connectivity index (χ3v) is 2.51. The van der Waals surface area contributed by atoms with Crippen LogP contribution in [0.5, 0.6) is 0 Å². The Balaban J connectivity index is 3.37. The molecule has 0 rings (SSSR count). The summed E-state index contributed by atoms with van der Waals surface area (Å²) in [4.78, 5) is 20.1. The summed E-state index contributed by atoms with van der Waals surface area (Å²) in [6, 6.07) is -0.858. The Hall–Kier alpha value is -0.790. The maximum Gasteiger partial charge on any atom is 0.321 e. The van der Waals surface area contributed by atoms with Gasteiger partial charge in [-0.3, -0.25) is 15.3 Å². The summed E-state index contributed by atoms with van der Waals surface area (Å²) in [6.07, 6.45) is -0.142. The summed E-state index contributed by atoms with van der Waals surface area (Å²) in [5.74, 6) is -0.0926. The topological polar surface area (TPSA) is 116 Å². The van der Waals surface area contributed by atoms with Crippen molar-refractivity contribution in [3.8, 4) is 0 Å². The van der Waals surface area contributed by atoms with Crippen LogP contribution in [0.1, 0.15) is 6.42 Å². The van der Waals surface area contributed by atoms with Crippen molar-refractivity contribution < 1.29 is 19.4 Å². The van der Waals surface area contributed by atoms with E-state index in [-0.39, 0.29) is 6.47 Å². The van der Waals surface area contributed by atoms with Gasteiger partial charge in [0, 0.05) is 12.2 Å². The average Bonchev–Trinajstić information content (AvgIpc) is 2.12. The fourth-order valence-corrected chi connectivity index (χ4v) is 1.58. The number of hydrogen-bond donors (Lipinski definition) is 3. The second kappa shape index (κ2) is 7.60. The molecule has 0 amide bonds. The van der Waals surface area contributed by atoms with Crippen molar-refractivity contribution >= 4 is 24.2 Å². The summed E-state index contributed by atoms with van der Waals surface area (Å²) >= 11 is 1.36. The molecule has 82 valence electrons. The second-order valence-electron chi connectivity index (χ2n) is 2.58. The number of rotatable bonds is 8. The SMILES string of the molecule is NC(CCSCC(N)C(=O)O)OC=O. The molecule has 0 saturated heterocycles. The molecule has 7 heteroatoms. The van der Waals surface area contributed by atoms with Gasteiger partial charge < -0.3 is 15.6 Å². The van der Waals surface area contributed by atoms with Gasteiger partial charge in [-0.25, -0.2) is 0 Å². The van der Waals surface area contributed by atoms with Gasteiger partial charge in [-0.15, -0.1) is 0 Å². The number of nitrogens with two attached hydrogens (primary N) is 2. The van der Waals surface area contributed by atoms with Crippen LogP contribution in [0.2, 0.25) is 0 Å². The van der Waals surface area contributed by atoms with E-state index in [1.54, 1.807) is 0 Å². The van der Waals surface area contributed by atoms with Gasteiger partial charge in [0.25, 0.3) is 6.47 Å². The summed E-state index contributed by atoms with van der Waals surface area (Å²) in [5, 5.41) is 8.44. The zero-order valence-electron chi connectivity index (χ0n) is 7.59. The summed E-state index contributed by atoms with van der Waals surface area (Å²) in [6.45, 7) is 0.290. The lowest BCUT2D eigenvalue weighted by Crippen LogP contribution is -2.32. The molecule has 2 unspecified atom stereocenters. The fraction of sp³-hybridized carbons (Fsp3) is 0.714. The van der Waals surface area contributed by atoms with Crippen LogP contribution >= 0.6 is 11.8 Å². The van der Waals surface area contributed by atoms with Gasteiger partial charge in [0.2, 0.25) is 0 Å². The minimum Gasteiger partial charge on any atom is -0.480 e. The molecule has 0 aliphatic heterocycles. The standard InChI is InChI=1S/C7H14N2O4S/c8-5(7(11)12)3-14-2-1-6(9)13-4-10/h4-6H,1-3,8-9H2,(H,11,12). The molecule has 0 radical (unpaired) electrons. The molecule has 0 aromatic rings. The van der Waals surface area contributed by atoms with Crippen LogP contribution in [0.25, 0.3) is 0 Å². The molecule has 0 aromatic heterocycles. The fourth-order valence-electron chi connectivity index (χ4n) is 0.620. The molecular weight excluding hydrogens is 208 g/mol. The summed E-state index contributed by atoms with van der Waals surface area (Å²) < 4.78 is 4.43. The van der Waals surface area contributed by atoms with Crippen LogP contribution in [0.3, 0.4) is 0 Å². The number of hydrogen-bond acceptors (Lipinski definition) is 6. The number of aliphatic carboxylic acids is 1. The third-order valence-electron chi connectivity index (χ3n) is 1.39. The lowest BCUT2D eigenvalue weighted by Gasteiger charge is -2.09. The Morgan fingerprint density at radius 3 is 2.71 bits per heavy atom. The first-order chi connectivity index (χ1) is 6.57. The molecule has 0 aromatic carbocycles. The van der Waals surface area contributed by atoms with Gasteiger partial charge in [-0.05, 0) is 5.75 Å². The van der Waals surface area contributed by atoms with E-state index in [0.717, 1.165) is 0 Å². The Morgan fingerprint density at radius 2 is 2.21 bits per heavy atom. The normalized spacial score (nSPS) is 14.4. The number of thioether (sulfide) groups is 1. The van der Waals surface area contributed by atoms with E-state index >= 15 is 0 Å². The molecule has 6 nitrogen and oxygen atoms in total. The summed E-state index contributed by atoms with van der Waals surface area (Å²) in [7, 11) is 0. The Bertz CT molecular complexity index is 191. The Kier molecular flexibility index (Phi) is 7.17. The number of ether oxygens (including phenoxy) is 1. The van der Waals surface area contributed by atoms with Crippen LogP contribution in [-0.2, 0) is 14.3 Å². The molecule has 2 atom stereocenters. The number of carboxylic acids is 1. The van der Waals surface area contributed by atoms with Crippen LogP contribution in [0, 0.1) is 0 Å². The van der Waals surface area contributed by atoms with Crippen LogP contribution < -0.4 is 11.5 Å². The predicted molar refractivity (Wildman–Crippen MR) is 52.7 cm³/mol. The van der Waals surface area contributed by atoms with Gasteiger partial charge in [0.15, 0.2) is 6.23 Å². The number of carbonyl (C=O) groups is 2. The summed E-state index contributed by atoms with van der Waals surface area (Å²) in [5.41, 5.74) is 10.6. The quantitative estimate of drug-likeness (QED) is 0.273. The van der Waals surface area contributed by atoms with Gasteiger partial charge in [0.05, 0.1) is 0 Å². The Morgan fingerprint density at radius 1 is 1.57 bits per heavy atom. The van der Waals surface area contributed by atoms with E-state index in [4.69, 9.17) is 16.6 Å². The molecule has 0 heterocycles. The van der Waals surface area contributed by atoms with E-state index in [1.165, 1.54) is 11.8 Å². The van der Waals surface area contributed by atoms with Crippen LogP contribution in [0.15, 0.2) is 0 Å². The van der Waals surface area contributed by atoms with Crippen LogP contribution in [-0.4, -0.2) is 41.3 Å². The first-order valence-electron chi connectivity index (χ1n) is 3.98. The van der Waals surface area contributed by atoms with Crippen molar-refractivity contribution in [3.63, 3.8) is 0 Å². The van der Waals surface area contributed by atoms with Crippen molar-refractivity contribution in [1.29, 1.82) is 0 Å². The van der Waals surface area contributed by atoms with Gasteiger partial charge in [0.1, 0.15) is 6.04 Å². The highest BCUT2D eigenvalue weighted by molar-refractivity contribution is 7.99. The van der Waals surface area contributed by atoms with Crippen molar-refractivity contribution in [1.82, 2.24) is 0 Å². The molecule has 0 aliphatic rings. The Labute approximate surface area is 86.0 Å². The minimum atomic E-state index is -1.02. The molecule has 0 aliphatic carbocycles. The van der Waals surface area contributed by atoms with Crippen molar-refractivity contribution in [3.05, 3.63) is 0 Å². The molecular formula is C7H14N2O4S. The number of carboxylic acid groups (broad SMARTS) is 1. The van der Waals surface area contributed by atoms with Gasteiger partial charge in [-0.2, -0.15) is 11.8 Å². The van der Waals surface area contributed by atoms with E-state index in [1.807, 2.05) is 0 Å². The lowest BCUT2D eigenvalue weighted by molar-refractivity contribution is -0.138. The predicted octanol–water partition coefficient (Wildman–Crippen LogP) is -1.02. The van der Waals surface area contributed by atoms with Crippen molar-refractivity contribution in [2.75, 3.05) is 11.5 Å². The van der Waals surface area contributed by atoms with E-state index in [9.17, 15) is 9.59 Å². The van der Waals surface area contributed by atoms with E-state index in [2.05, 4.69) is 4.74 Å². The van der Waals surface area contributed by atoms with Gasteiger partial charge >= 0.3 is 5.97 Å². The maximum absolute atomic E-state index is 10.3. The zero-order valence-corrected chi connectivity index (χ0v) is 8.40. The first-order valence-corrected chi connectivity index (χ1v) is 5.14. The highest BCUT2D eigenvalue weighted by Crippen LogP contribution is 2.05. The molecule has 0 saturated carbocycles. The van der Waals surface area contributed by atoms with E-state index in [0.29, 0.717) is 17.9 Å². The monoisotopic (exact) mass is 222 g/mol. The maximum atomic E-state index is 10.3. The molecule has 5 N–H and O–H groups in total. The third kappa shape index (κ3) is 6.70. The van der Waals surface area contributed by atoms with Gasteiger partial charge in [-0.1, -0.05) is 0 Å². The first kappa shape index (κ1) is 13.2. The minimum absolute atomic E-state index is 0.290. The second-order valence-corrected chi connectivity index (χ2v) is 3.73. The van der Waals surface area contributed by atoms with Crippen LogP contribution in [0.4, 0.5) is 0 Å². The van der Waals surface area contributed by atoms with Crippen molar-refractivity contribution in [2.24, 2.45) is 11.5 Å². The smallest absolute Gasteiger partial charge is 0.321 e. The van der Waals surface area contributed by atoms with Crippen molar-refractivity contribution in [2.45, 2.75) is 18.7 Å².